The van der Waals surface area contributed by atoms with E-state index in [0.717, 1.165) is 29.1 Å². The molecule has 4 fully saturated rings. The summed E-state index contributed by atoms with van der Waals surface area (Å²) in [6.45, 7) is 10.4. The SMILES string of the molecule is C[C@@H]1C[C@]23CC[C@H]4C(C)(C)CCC[C@]4(C)[C@H]2CC[C@@H]1C3. The molecule has 0 amide bonds. The van der Waals surface area contributed by atoms with Crippen LogP contribution in [0.1, 0.15) is 85.5 Å². The normalized spacial score (nSPS) is 57.0. The third-order valence-corrected chi connectivity index (χ3v) is 8.77. The van der Waals surface area contributed by atoms with E-state index in [1.54, 1.807) is 38.5 Å². The lowest BCUT2D eigenvalue weighted by molar-refractivity contribution is -0.144. The predicted molar refractivity (Wildman–Crippen MR) is 85.5 cm³/mol. The van der Waals surface area contributed by atoms with Crippen LogP contribution in [0.25, 0.3) is 0 Å². The summed E-state index contributed by atoms with van der Waals surface area (Å²) in [5.41, 5.74) is 2.06. The van der Waals surface area contributed by atoms with E-state index < -0.39 is 0 Å². The molecule has 2 bridgehead atoms. The van der Waals surface area contributed by atoms with Gasteiger partial charge in [-0.15, -0.1) is 0 Å². The fraction of sp³-hybridized carbons (Fsp3) is 1.00. The van der Waals surface area contributed by atoms with Gasteiger partial charge in [-0.1, -0.05) is 34.1 Å². The Hall–Kier alpha value is 0. The maximum absolute atomic E-state index is 2.72. The first-order valence-corrected chi connectivity index (χ1v) is 9.37. The van der Waals surface area contributed by atoms with Crippen molar-refractivity contribution in [1.29, 1.82) is 0 Å². The van der Waals surface area contributed by atoms with Crippen molar-refractivity contribution >= 4 is 0 Å². The highest BCUT2D eigenvalue weighted by Gasteiger charge is 2.63. The first-order chi connectivity index (χ1) is 9.37. The van der Waals surface area contributed by atoms with E-state index in [2.05, 4.69) is 27.7 Å². The fourth-order valence-corrected chi connectivity index (χ4v) is 8.12. The van der Waals surface area contributed by atoms with Crippen molar-refractivity contribution < 1.29 is 0 Å². The first-order valence-electron chi connectivity index (χ1n) is 9.37. The second-order valence-electron chi connectivity index (χ2n) is 10.1. The molecule has 4 saturated carbocycles. The summed E-state index contributed by atoms with van der Waals surface area (Å²) in [6, 6.07) is 0. The summed E-state index contributed by atoms with van der Waals surface area (Å²) in [5.74, 6) is 4.18. The second-order valence-corrected chi connectivity index (χ2v) is 10.1. The number of hydrogen-bond acceptors (Lipinski definition) is 0. The van der Waals surface area contributed by atoms with Gasteiger partial charge in [-0.05, 0) is 91.3 Å². The van der Waals surface area contributed by atoms with E-state index in [-0.39, 0.29) is 0 Å². The molecule has 0 aliphatic heterocycles. The average molecular weight is 274 g/mol. The van der Waals surface area contributed by atoms with Gasteiger partial charge in [0.1, 0.15) is 0 Å². The average Bonchev–Trinajstić information content (AvgIpc) is 2.58. The zero-order valence-corrected chi connectivity index (χ0v) is 14.2. The topological polar surface area (TPSA) is 0 Å². The molecule has 0 aromatic carbocycles. The highest BCUT2D eigenvalue weighted by molar-refractivity contribution is 5.12. The van der Waals surface area contributed by atoms with Crippen molar-refractivity contribution in [3.63, 3.8) is 0 Å². The van der Waals surface area contributed by atoms with Gasteiger partial charge in [0.15, 0.2) is 0 Å². The molecule has 0 nitrogen and oxygen atoms in total. The molecule has 114 valence electrons. The maximum Gasteiger partial charge on any atom is -0.0258 e. The van der Waals surface area contributed by atoms with Crippen LogP contribution in [-0.2, 0) is 0 Å². The number of fused-ring (bicyclic) bond motifs is 3. The second kappa shape index (κ2) is 4.05. The Kier molecular flexibility index (Phi) is 2.76. The van der Waals surface area contributed by atoms with Crippen LogP contribution in [0.4, 0.5) is 0 Å². The molecule has 6 atom stereocenters. The molecule has 1 spiro atoms. The van der Waals surface area contributed by atoms with E-state index in [1.807, 2.05) is 0 Å². The van der Waals surface area contributed by atoms with Gasteiger partial charge >= 0.3 is 0 Å². The van der Waals surface area contributed by atoms with E-state index in [9.17, 15) is 0 Å². The van der Waals surface area contributed by atoms with Gasteiger partial charge in [-0.2, -0.15) is 0 Å². The van der Waals surface area contributed by atoms with Crippen LogP contribution in [0, 0.1) is 39.9 Å². The minimum atomic E-state index is 0.607. The predicted octanol–water partition coefficient (Wildman–Crippen LogP) is 6.06. The van der Waals surface area contributed by atoms with Crippen LogP contribution in [0.15, 0.2) is 0 Å². The molecule has 0 radical (unpaired) electrons. The van der Waals surface area contributed by atoms with E-state index in [1.165, 1.54) is 19.3 Å². The molecule has 0 heterocycles. The van der Waals surface area contributed by atoms with E-state index >= 15 is 0 Å². The molecular formula is C20H34. The van der Waals surface area contributed by atoms with Gasteiger partial charge in [0, 0.05) is 0 Å². The molecule has 20 heavy (non-hydrogen) atoms. The van der Waals surface area contributed by atoms with Crippen molar-refractivity contribution in [1.82, 2.24) is 0 Å². The molecule has 0 unspecified atom stereocenters. The van der Waals surface area contributed by atoms with Crippen molar-refractivity contribution in [2.75, 3.05) is 0 Å². The third kappa shape index (κ3) is 1.60. The standard InChI is InChI=1S/C20H34/c1-14-12-20-11-8-16-18(2,3)9-5-10-19(16,4)17(20)7-6-15(14)13-20/h14-17H,5-13H2,1-4H3/t14-,15-,16+,17-,19+,20+/m1/s1. The van der Waals surface area contributed by atoms with E-state index in [0.29, 0.717) is 10.8 Å². The van der Waals surface area contributed by atoms with Crippen LogP contribution < -0.4 is 0 Å². The van der Waals surface area contributed by atoms with E-state index in [4.69, 9.17) is 0 Å². The lowest BCUT2D eigenvalue weighted by Crippen LogP contribution is -2.55. The van der Waals surface area contributed by atoms with Crippen LogP contribution >= 0.6 is 0 Å². The van der Waals surface area contributed by atoms with Crippen LogP contribution in [0.3, 0.4) is 0 Å². The van der Waals surface area contributed by atoms with Gasteiger partial charge in [0.25, 0.3) is 0 Å². The fourth-order valence-electron chi connectivity index (χ4n) is 8.12. The zero-order chi connectivity index (χ0) is 14.2. The smallest absolute Gasteiger partial charge is 0.0258 e. The summed E-state index contributed by atoms with van der Waals surface area (Å²) in [6.07, 6.45) is 13.9. The maximum atomic E-state index is 2.72. The summed E-state index contributed by atoms with van der Waals surface area (Å²) in [4.78, 5) is 0. The number of hydrogen-bond donors (Lipinski definition) is 0. The summed E-state index contributed by atoms with van der Waals surface area (Å²) in [7, 11) is 0. The van der Waals surface area contributed by atoms with Gasteiger partial charge in [0.05, 0.1) is 0 Å². The molecule has 0 N–H and O–H groups in total. The first kappa shape index (κ1) is 13.6. The zero-order valence-electron chi connectivity index (χ0n) is 14.2. The lowest BCUT2D eigenvalue weighted by Gasteiger charge is -2.64. The molecule has 4 rings (SSSR count). The Morgan fingerprint density at radius 3 is 2.40 bits per heavy atom. The largest absolute Gasteiger partial charge is 0.0622 e. The Morgan fingerprint density at radius 2 is 1.60 bits per heavy atom. The Bertz CT molecular complexity index is 404. The monoisotopic (exact) mass is 274 g/mol. The third-order valence-electron chi connectivity index (χ3n) is 8.77. The Labute approximate surface area is 126 Å². The molecular weight excluding hydrogens is 240 g/mol. The molecule has 4 aliphatic rings. The molecule has 0 aromatic rings. The van der Waals surface area contributed by atoms with Crippen LogP contribution in [0.2, 0.25) is 0 Å². The van der Waals surface area contributed by atoms with Gasteiger partial charge in [-0.3, -0.25) is 0 Å². The van der Waals surface area contributed by atoms with Crippen molar-refractivity contribution in [3.8, 4) is 0 Å². The molecule has 0 saturated heterocycles. The minimum Gasteiger partial charge on any atom is -0.0622 e. The summed E-state index contributed by atoms with van der Waals surface area (Å²) in [5, 5.41) is 0. The van der Waals surface area contributed by atoms with Crippen LogP contribution in [-0.4, -0.2) is 0 Å². The summed E-state index contributed by atoms with van der Waals surface area (Å²) >= 11 is 0. The summed E-state index contributed by atoms with van der Waals surface area (Å²) < 4.78 is 0. The van der Waals surface area contributed by atoms with Gasteiger partial charge in [-0.25, -0.2) is 0 Å². The highest BCUT2D eigenvalue weighted by atomic mass is 14.7. The van der Waals surface area contributed by atoms with Crippen molar-refractivity contribution in [2.45, 2.75) is 85.5 Å². The van der Waals surface area contributed by atoms with Crippen LogP contribution in [0.5, 0.6) is 0 Å². The molecule has 0 aromatic heterocycles. The quantitative estimate of drug-likeness (QED) is 0.504. The number of rotatable bonds is 0. The van der Waals surface area contributed by atoms with Crippen molar-refractivity contribution in [3.05, 3.63) is 0 Å². The Balaban J connectivity index is 1.72. The Morgan fingerprint density at radius 1 is 0.800 bits per heavy atom. The highest BCUT2D eigenvalue weighted by Crippen LogP contribution is 2.72. The minimum absolute atomic E-state index is 0.607. The lowest BCUT2D eigenvalue weighted by atomic mass is 9.41. The molecule has 0 heteroatoms. The van der Waals surface area contributed by atoms with Crippen molar-refractivity contribution in [2.24, 2.45) is 39.9 Å². The van der Waals surface area contributed by atoms with Gasteiger partial charge in [0.2, 0.25) is 0 Å². The van der Waals surface area contributed by atoms with Gasteiger partial charge < -0.3 is 0 Å². The molecule has 4 aliphatic carbocycles.